The Morgan fingerprint density at radius 2 is 1.92 bits per heavy atom. The van der Waals surface area contributed by atoms with Crippen LogP contribution in [0.15, 0.2) is 48.5 Å². The number of hydrogen-bond donors (Lipinski definition) is 1. The predicted octanol–water partition coefficient (Wildman–Crippen LogP) is 9.37. The summed E-state index contributed by atoms with van der Waals surface area (Å²) in [7, 11) is 2.85. The molecule has 2 aromatic carbocycles. The second-order valence-corrected chi connectivity index (χ2v) is 12.0. The number of nitrogens with one attached hydrogen (secondary N) is 1. The Labute approximate surface area is 238 Å². The second-order valence-electron chi connectivity index (χ2n) is 10.7. The van der Waals surface area contributed by atoms with Gasteiger partial charge in [0.05, 0.1) is 6.07 Å². The molecule has 4 nitrogen and oxygen atoms in total. The Hall–Kier alpha value is -2.08. The quantitative estimate of drug-likeness (QED) is 0.330. The van der Waals surface area contributed by atoms with Gasteiger partial charge in [0.15, 0.2) is 0 Å². The van der Waals surface area contributed by atoms with Crippen LogP contribution in [0.5, 0.6) is 0 Å². The monoisotopic (exact) mass is 555 g/mol. The summed E-state index contributed by atoms with van der Waals surface area (Å²) >= 11 is 6.06. The first-order chi connectivity index (χ1) is 18.2. The Kier molecular flexibility index (Phi) is 13.6. The molecule has 4 rings (SSSR count). The molecule has 5 unspecified atom stereocenters. The van der Waals surface area contributed by atoms with Crippen LogP contribution in [0.25, 0.3) is 0 Å². The van der Waals surface area contributed by atoms with Crippen LogP contribution in [-0.4, -0.2) is 29.2 Å². The first-order valence-electron chi connectivity index (χ1n) is 14.2. The number of rotatable bonds is 8. The Morgan fingerprint density at radius 3 is 2.47 bits per heavy atom. The highest BCUT2D eigenvalue weighted by Gasteiger charge is 2.58. The van der Waals surface area contributed by atoms with E-state index < -0.39 is 0 Å². The summed E-state index contributed by atoms with van der Waals surface area (Å²) in [6, 6.07) is 18.5. The smallest absolute Gasteiger partial charge is 0.322 e. The lowest BCUT2D eigenvalue weighted by Gasteiger charge is -2.37. The van der Waals surface area contributed by atoms with Gasteiger partial charge < -0.3 is 10.2 Å². The number of carbonyl (C=O) groups is 1. The topological polar surface area (TPSA) is 56.1 Å². The zero-order valence-electron chi connectivity index (χ0n) is 24.0. The van der Waals surface area contributed by atoms with Crippen molar-refractivity contribution in [3.63, 3.8) is 0 Å². The first-order valence-corrected chi connectivity index (χ1v) is 15.3. The molecule has 2 aromatic rings. The normalized spacial score (nSPS) is 21.7. The number of carbonyl (C=O) groups excluding carboxylic acids is 1. The van der Waals surface area contributed by atoms with Crippen LogP contribution in [0, 0.1) is 24.2 Å². The minimum Gasteiger partial charge on any atom is -0.322 e. The van der Waals surface area contributed by atoms with E-state index in [1.807, 2.05) is 18.2 Å². The van der Waals surface area contributed by atoms with E-state index in [9.17, 15) is 4.79 Å². The van der Waals surface area contributed by atoms with Crippen molar-refractivity contribution in [2.24, 2.45) is 5.92 Å². The Balaban J connectivity index is 0.000000436. The molecule has 5 atom stereocenters. The molecule has 6 heteroatoms. The number of halogens is 1. The third-order valence-corrected chi connectivity index (χ3v) is 8.77. The molecule has 38 heavy (non-hydrogen) atoms. The molecule has 2 fully saturated rings. The summed E-state index contributed by atoms with van der Waals surface area (Å²) in [5, 5.41) is 11.0. The van der Waals surface area contributed by atoms with Crippen LogP contribution in [0.1, 0.15) is 90.2 Å². The van der Waals surface area contributed by atoms with Crippen molar-refractivity contribution in [1.29, 1.82) is 5.26 Å². The molecule has 2 aliphatic carbocycles. The van der Waals surface area contributed by atoms with Crippen molar-refractivity contribution in [1.82, 2.24) is 4.90 Å². The average Bonchev–Trinajstić information content (AvgIpc) is 3.63. The molecule has 1 N–H and O–H groups in total. The van der Waals surface area contributed by atoms with E-state index in [2.05, 4.69) is 71.4 Å². The van der Waals surface area contributed by atoms with E-state index in [1.165, 1.54) is 50.2 Å². The number of anilines is 1. The van der Waals surface area contributed by atoms with Crippen LogP contribution >= 0.6 is 20.8 Å². The van der Waals surface area contributed by atoms with Crippen molar-refractivity contribution in [2.75, 3.05) is 11.9 Å². The van der Waals surface area contributed by atoms with Gasteiger partial charge in [-0.2, -0.15) is 5.26 Å². The number of nitrogens with zero attached hydrogens (tertiary/aromatic N) is 2. The number of amides is 2. The fourth-order valence-electron chi connectivity index (χ4n) is 5.63. The van der Waals surface area contributed by atoms with Gasteiger partial charge in [-0.05, 0) is 92.6 Å². The summed E-state index contributed by atoms with van der Waals surface area (Å²) in [6.07, 6.45) is 9.58. The SMILES string of the molecule is CC#N.CCCC(P)CC.CCCN(C(=O)Nc1cccc(Cl)c1)C1CCC2(c3cccc(C)c3)CC2C1. The van der Waals surface area contributed by atoms with Crippen molar-refractivity contribution in [2.45, 2.75) is 103 Å². The number of nitriles is 1. The van der Waals surface area contributed by atoms with Crippen LogP contribution in [0.2, 0.25) is 5.02 Å². The van der Waals surface area contributed by atoms with E-state index >= 15 is 0 Å². The third kappa shape index (κ3) is 9.29. The van der Waals surface area contributed by atoms with Crippen LogP contribution in [-0.2, 0) is 5.41 Å². The molecule has 0 spiro atoms. The van der Waals surface area contributed by atoms with Crippen LogP contribution in [0.4, 0.5) is 10.5 Å². The summed E-state index contributed by atoms with van der Waals surface area (Å²) in [6.45, 7) is 11.0. The van der Waals surface area contributed by atoms with E-state index in [0.29, 0.717) is 22.4 Å². The van der Waals surface area contributed by atoms with Gasteiger partial charge in [-0.25, -0.2) is 4.79 Å². The van der Waals surface area contributed by atoms with E-state index in [4.69, 9.17) is 16.9 Å². The molecular weight excluding hydrogens is 509 g/mol. The second kappa shape index (κ2) is 16.1. The molecule has 0 radical (unpaired) electrons. The number of benzene rings is 2. The van der Waals surface area contributed by atoms with Gasteiger partial charge in [0.2, 0.25) is 0 Å². The van der Waals surface area contributed by atoms with Gasteiger partial charge in [-0.3, -0.25) is 0 Å². The van der Waals surface area contributed by atoms with Crippen molar-refractivity contribution in [3.05, 3.63) is 64.7 Å². The van der Waals surface area contributed by atoms with Gasteiger partial charge in [0.25, 0.3) is 0 Å². The van der Waals surface area contributed by atoms with Crippen molar-refractivity contribution in [3.8, 4) is 6.07 Å². The van der Waals surface area contributed by atoms with Gasteiger partial charge in [0, 0.05) is 30.2 Å². The summed E-state index contributed by atoms with van der Waals surface area (Å²) < 4.78 is 0. The highest BCUT2D eigenvalue weighted by atomic mass is 35.5. The van der Waals surface area contributed by atoms with Crippen molar-refractivity contribution < 1.29 is 4.79 Å². The molecule has 2 aliphatic rings. The summed E-state index contributed by atoms with van der Waals surface area (Å²) in [5.74, 6) is 0.700. The standard InChI is InChI=1S/C24H29ClN2O.C6H15P.C2H3N/c1-3-12-27(23(28)26-21-9-5-8-20(25)15-21)22-10-11-24(16-19(24)14-22)18-7-4-6-17(2)13-18;1-3-5-6(7)4-2;1-2-3/h4-9,13,15,19,22H,3,10-12,14,16H2,1-2H3,(H,26,28);6H,3-5,7H2,1-2H3;1H3. The number of hydrogen-bond acceptors (Lipinski definition) is 2. The molecule has 0 bridgehead atoms. The highest BCUT2D eigenvalue weighted by Crippen LogP contribution is 2.62. The van der Waals surface area contributed by atoms with E-state index in [0.717, 1.165) is 37.2 Å². The number of fused-ring (bicyclic) bond motifs is 1. The molecule has 0 aliphatic heterocycles. The molecule has 0 aromatic heterocycles. The lowest BCUT2D eigenvalue weighted by Crippen LogP contribution is -2.45. The number of aryl methyl sites for hydroxylation is 1. The minimum atomic E-state index is -0.00202. The molecule has 0 saturated heterocycles. The van der Waals surface area contributed by atoms with E-state index in [1.54, 1.807) is 12.1 Å². The van der Waals surface area contributed by atoms with Gasteiger partial charge in [-0.1, -0.05) is 74.7 Å². The molecular formula is C32H47ClN3OP. The predicted molar refractivity (Wildman–Crippen MR) is 166 cm³/mol. The van der Waals surface area contributed by atoms with Crippen LogP contribution in [0.3, 0.4) is 0 Å². The Morgan fingerprint density at radius 1 is 1.21 bits per heavy atom. The number of urea groups is 1. The minimum absolute atomic E-state index is 0.00202. The zero-order valence-corrected chi connectivity index (χ0v) is 25.9. The van der Waals surface area contributed by atoms with Gasteiger partial charge in [-0.15, -0.1) is 9.24 Å². The highest BCUT2D eigenvalue weighted by molar-refractivity contribution is 7.17. The molecule has 2 saturated carbocycles. The maximum atomic E-state index is 13.0. The summed E-state index contributed by atoms with van der Waals surface area (Å²) in [4.78, 5) is 15.1. The Bertz CT molecular complexity index is 1050. The van der Waals surface area contributed by atoms with E-state index in [-0.39, 0.29) is 6.03 Å². The maximum absolute atomic E-state index is 13.0. The first kappa shape index (κ1) is 32.1. The van der Waals surface area contributed by atoms with Gasteiger partial charge >= 0.3 is 6.03 Å². The fourth-order valence-corrected chi connectivity index (χ4v) is 6.15. The van der Waals surface area contributed by atoms with Crippen molar-refractivity contribution >= 4 is 32.6 Å². The van der Waals surface area contributed by atoms with Gasteiger partial charge in [0.1, 0.15) is 0 Å². The van der Waals surface area contributed by atoms with Crippen LogP contribution < -0.4 is 5.32 Å². The average molecular weight is 556 g/mol. The molecule has 208 valence electrons. The largest absolute Gasteiger partial charge is 0.322 e. The third-order valence-electron chi connectivity index (χ3n) is 7.73. The zero-order chi connectivity index (χ0) is 28.1. The fraction of sp³-hybridized carbons (Fsp3) is 0.562. The summed E-state index contributed by atoms with van der Waals surface area (Å²) in [5.41, 5.74) is 4.83. The molecule has 0 heterocycles. The maximum Gasteiger partial charge on any atom is 0.322 e. The molecule has 2 amide bonds. The lowest BCUT2D eigenvalue weighted by molar-refractivity contribution is 0.161. The lowest BCUT2D eigenvalue weighted by atomic mass is 9.80.